The van der Waals surface area contributed by atoms with Crippen molar-refractivity contribution in [1.29, 1.82) is 0 Å². The maximum Gasteiger partial charge on any atom is 0.118 e. The van der Waals surface area contributed by atoms with E-state index < -0.39 is 6.10 Å². The van der Waals surface area contributed by atoms with E-state index in [1.165, 1.54) is 5.56 Å². The topological polar surface area (TPSA) is 29.5 Å². The molecular weight excluding hydrogens is 248 g/mol. The van der Waals surface area contributed by atoms with Crippen LogP contribution in [0, 0.1) is 0 Å². The first-order chi connectivity index (χ1) is 9.78. The van der Waals surface area contributed by atoms with Gasteiger partial charge in [0.05, 0.1) is 13.2 Å². The molecule has 0 amide bonds. The number of methoxy groups -OCH3 is 1. The Balaban J connectivity index is 1.83. The Kier molecular flexibility index (Phi) is 5.39. The Morgan fingerprint density at radius 1 is 1.05 bits per heavy atom. The van der Waals surface area contributed by atoms with Crippen molar-refractivity contribution < 1.29 is 9.84 Å². The van der Waals surface area contributed by atoms with Crippen molar-refractivity contribution in [3.63, 3.8) is 0 Å². The van der Waals surface area contributed by atoms with Gasteiger partial charge in [0.15, 0.2) is 0 Å². The predicted octanol–water partition coefficient (Wildman–Crippen LogP) is 3.70. The molecule has 104 valence electrons. The molecule has 0 fully saturated rings. The molecular formula is C18H20O2. The van der Waals surface area contributed by atoms with Crippen LogP contribution >= 0.6 is 0 Å². The van der Waals surface area contributed by atoms with Gasteiger partial charge in [0, 0.05) is 0 Å². The highest BCUT2D eigenvalue weighted by atomic mass is 16.5. The van der Waals surface area contributed by atoms with Crippen LogP contribution in [0.3, 0.4) is 0 Å². The third kappa shape index (κ3) is 4.56. The molecule has 0 aliphatic rings. The lowest BCUT2D eigenvalue weighted by molar-refractivity contribution is 0.214. The molecule has 2 aromatic carbocycles. The minimum Gasteiger partial charge on any atom is -0.497 e. The number of benzene rings is 2. The summed E-state index contributed by atoms with van der Waals surface area (Å²) in [5.41, 5.74) is 2.31. The average molecular weight is 268 g/mol. The number of aliphatic hydroxyl groups excluding tert-OH is 1. The third-order valence-electron chi connectivity index (χ3n) is 3.20. The zero-order chi connectivity index (χ0) is 14.2. The van der Waals surface area contributed by atoms with Crippen LogP contribution in [0.1, 0.15) is 17.5 Å². The van der Waals surface area contributed by atoms with Crippen LogP contribution < -0.4 is 4.74 Å². The molecule has 0 unspecified atom stereocenters. The van der Waals surface area contributed by atoms with Crippen LogP contribution in [0.25, 0.3) is 6.08 Å². The lowest BCUT2D eigenvalue weighted by Crippen LogP contribution is -2.03. The Morgan fingerprint density at radius 2 is 1.75 bits per heavy atom. The van der Waals surface area contributed by atoms with Crippen molar-refractivity contribution >= 4 is 6.08 Å². The molecule has 0 saturated carbocycles. The first kappa shape index (κ1) is 14.4. The van der Waals surface area contributed by atoms with Gasteiger partial charge in [-0.15, -0.1) is 0 Å². The van der Waals surface area contributed by atoms with Crippen LogP contribution in [0.5, 0.6) is 5.75 Å². The number of hydrogen-bond donors (Lipinski definition) is 1. The molecule has 0 aromatic heterocycles. The molecule has 0 aliphatic heterocycles. The Morgan fingerprint density at radius 3 is 2.40 bits per heavy atom. The van der Waals surface area contributed by atoms with Gasteiger partial charge in [-0.1, -0.05) is 54.6 Å². The lowest BCUT2D eigenvalue weighted by atomic mass is 10.1. The van der Waals surface area contributed by atoms with E-state index in [0.717, 1.165) is 24.2 Å². The number of ether oxygens (including phenoxy) is 1. The highest BCUT2D eigenvalue weighted by molar-refractivity contribution is 5.51. The second-order valence-corrected chi connectivity index (χ2v) is 4.72. The van der Waals surface area contributed by atoms with Gasteiger partial charge in [-0.25, -0.2) is 0 Å². The van der Waals surface area contributed by atoms with Crippen LogP contribution in [0.4, 0.5) is 0 Å². The van der Waals surface area contributed by atoms with Gasteiger partial charge in [-0.05, 0) is 36.1 Å². The summed E-state index contributed by atoms with van der Waals surface area (Å²) in [5, 5.41) is 9.96. The smallest absolute Gasteiger partial charge is 0.118 e. The number of rotatable bonds is 6. The summed E-state index contributed by atoms with van der Waals surface area (Å²) < 4.78 is 5.11. The van der Waals surface area contributed by atoms with Gasteiger partial charge in [-0.2, -0.15) is 0 Å². The lowest BCUT2D eigenvalue weighted by Gasteiger charge is -2.05. The first-order valence-electron chi connectivity index (χ1n) is 6.82. The van der Waals surface area contributed by atoms with E-state index in [-0.39, 0.29) is 0 Å². The molecule has 1 atom stereocenters. The van der Waals surface area contributed by atoms with E-state index in [1.807, 2.05) is 54.6 Å². The molecule has 2 heteroatoms. The molecule has 0 aliphatic carbocycles. The third-order valence-corrected chi connectivity index (χ3v) is 3.20. The summed E-state index contributed by atoms with van der Waals surface area (Å²) in [6, 6.07) is 18.0. The largest absolute Gasteiger partial charge is 0.497 e. The van der Waals surface area contributed by atoms with Gasteiger partial charge in [0.25, 0.3) is 0 Å². The van der Waals surface area contributed by atoms with Crippen molar-refractivity contribution in [2.24, 2.45) is 0 Å². The zero-order valence-electron chi connectivity index (χ0n) is 11.7. The molecule has 0 radical (unpaired) electrons. The fourth-order valence-electron chi connectivity index (χ4n) is 1.99. The minimum absolute atomic E-state index is 0.419. The van der Waals surface area contributed by atoms with Crippen LogP contribution in [-0.2, 0) is 6.42 Å². The summed E-state index contributed by atoms with van der Waals surface area (Å²) in [7, 11) is 1.65. The summed E-state index contributed by atoms with van der Waals surface area (Å²) in [4.78, 5) is 0. The molecule has 20 heavy (non-hydrogen) atoms. The van der Waals surface area contributed by atoms with Gasteiger partial charge in [-0.3, -0.25) is 0 Å². The monoisotopic (exact) mass is 268 g/mol. The highest BCUT2D eigenvalue weighted by Crippen LogP contribution is 2.13. The van der Waals surface area contributed by atoms with Crippen molar-refractivity contribution in [1.82, 2.24) is 0 Å². The normalized spacial score (nSPS) is 12.5. The second-order valence-electron chi connectivity index (χ2n) is 4.72. The fraction of sp³-hybridized carbons (Fsp3) is 0.222. The van der Waals surface area contributed by atoms with Crippen molar-refractivity contribution in [2.75, 3.05) is 7.11 Å². The SMILES string of the molecule is COc1ccc(/C=C/[C@@H](O)CCc2ccccc2)cc1. The van der Waals surface area contributed by atoms with E-state index in [9.17, 15) is 5.11 Å². The summed E-state index contributed by atoms with van der Waals surface area (Å²) in [6.07, 6.45) is 4.98. The number of aryl methyl sites for hydroxylation is 1. The quantitative estimate of drug-likeness (QED) is 0.865. The van der Waals surface area contributed by atoms with Crippen molar-refractivity contribution in [2.45, 2.75) is 18.9 Å². The zero-order valence-corrected chi connectivity index (χ0v) is 11.7. The number of hydrogen-bond acceptors (Lipinski definition) is 2. The van der Waals surface area contributed by atoms with Crippen molar-refractivity contribution in [3.8, 4) is 5.75 Å². The van der Waals surface area contributed by atoms with Crippen LogP contribution in [0.15, 0.2) is 60.7 Å². The van der Waals surface area contributed by atoms with Gasteiger partial charge in [0.1, 0.15) is 5.75 Å². The molecule has 0 spiro atoms. The molecule has 1 N–H and O–H groups in total. The molecule has 2 nitrogen and oxygen atoms in total. The standard InChI is InChI=1S/C18H20O2/c1-20-18-13-9-16(10-14-18)8-12-17(19)11-7-15-5-3-2-4-6-15/h2-6,8-10,12-14,17,19H,7,11H2,1H3/b12-8+/t17-/m0/s1. The summed E-state index contributed by atoms with van der Waals surface area (Å²) in [6.45, 7) is 0. The molecule has 0 bridgehead atoms. The highest BCUT2D eigenvalue weighted by Gasteiger charge is 2.00. The predicted molar refractivity (Wildman–Crippen MR) is 82.8 cm³/mol. The minimum atomic E-state index is -0.419. The summed E-state index contributed by atoms with van der Waals surface area (Å²) in [5.74, 6) is 0.840. The first-order valence-corrected chi connectivity index (χ1v) is 6.82. The van der Waals surface area contributed by atoms with Crippen molar-refractivity contribution in [3.05, 3.63) is 71.8 Å². The Bertz CT molecular complexity index is 529. The van der Waals surface area contributed by atoms with E-state index >= 15 is 0 Å². The van der Waals surface area contributed by atoms with E-state index in [4.69, 9.17) is 4.74 Å². The van der Waals surface area contributed by atoms with E-state index in [2.05, 4.69) is 12.1 Å². The van der Waals surface area contributed by atoms with Gasteiger partial charge < -0.3 is 9.84 Å². The molecule has 2 aromatic rings. The van der Waals surface area contributed by atoms with Gasteiger partial charge >= 0.3 is 0 Å². The van der Waals surface area contributed by atoms with Crippen LogP contribution in [0.2, 0.25) is 0 Å². The molecule has 0 saturated heterocycles. The average Bonchev–Trinajstić information content (AvgIpc) is 2.52. The second kappa shape index (κ2) is 7.51. The summed E-state index contributed by atoms with van der Waals surface area (Å²) >= 11 is 0. The van der Waals surface area contributed by atoms with Crippen LogP contribution in [-0.4, -0.2) is 18.3 Å². The fourth-order valence-corrected chi connectivity index (χ4v) is 1.99. The molecule has 0 heterocycles. The number of aliphatic hydroxyl groups is 1. The maximum absolute atomic E-state index is 9.96. The Labute approximate surface area is 120 Å². The Hall–Kier alpha value is -2.06. The molecule has 2 rings (SSSR count). The van der Waals surface area contributed by atoms with E-state index in [1.54, 1.807) is 7.11 Å². The van der Waals surface area contributed by atoms with Gasteiger partial charge in [0.2, 0.25) is 0 Å². The maximum atomic E-state index is 9.96. The van der Waals surface area contributed by atoms with E-state index in [0.29, 0.717) is 0 Å².